The molecule has 8 heteroatoms. The molecule has 3 aromatic rings. The van der Waals surface area contributed by atoms with E-state index in [1.54, 1.807) is 41.9 Å². The zero-order valence-corrected chi connectivity index (χ0v) is 19.6. The van der Waals surface area contributed by atoms with E-state index in [9.17, 15) is 9.90 Å². The van der Waals surface area contributed by atoms with Gasteiger partial charge in [0.05, 0.1) is 18.3 Å². The Hall–Kier alpha value is -3.57. The van der Waals surface area contributed by atoms with Crippen LogP contribution in [0.4, 0.5) is 11.5 Å². The van der Waals surface area contributed by atoms with Gasteiger partial charge in [0.1, 0.15) is 0 Å². The summed E-state index contributed by atoms with van der Waals surface area (Å²) in [5.41, 5.74) is 3.08. The molecule has 3 heterocycles. The lowest BCUT2D eigenvalue weighted by atomic mass is 10.00. The van der Waals surface area contributed by atoms with Crippen LogP contribution in [-0.4, -0.2) is 51.8 Å². The van der Waals surface area contributed by atoms with Gasteiger partial charge in [0.2, 0.25) is 5.52 Å². The van der Waals surface area contributed by atoms with E-state index in [1.165, 1.54) is 7.11 Å². The zero-order valence-electron chi connectivity index (χ0n) is 19.6. The van der Waals surface area contributed by atoms with Crippen LogP contribution in [0.25, 0.3) is 15.9 Å². The van der Waals surface area contributed by atoms with Crippen molar-refractivity contribution in [2.75, 3.05) is 25.1 Å². The largest absolute Gasteiger partial charge is 0.504 e. The molecule has 1 aliphatic heterocycles. The van der Waals surface area contributed by atoms with Crippen molar-refractivity contribution >= 4 is 22.5 Å². The Bertz CT molecular complexity index is 1300. The monoisotopic (exact) mass is 447 g/mol. The highest BCUT2D eigenvalue weighted by molar-refractivity contribution is 5.89. The van der Waals surface area contributed by atoms with Crippen LogP contribution in [0.5, 0.6) is 11.5 Å². The van der Waals surface area contributed by atoms with Crippen molar-refractivity contribution in [2.24, 2.45) is 7.05 Å². The SMILES string of the molecule is [C-]#[N+]c1ccc2c(n1)c(N1C[C@@H](C)N(C(C)c3ccc(OC)c(O)c3)C[C@@H]1C)cc(=O)n2C. The van der Waals surface area contributed by atoms with Crippen molar-refractivity contribution in [1.82, 2.24) is 14.5 Å². The van der Waals surface area contributed by atoms with Crippen molar-refractivity contribution in [1.29, 1.82) is 0 Å². The smallest absolute Gasteiger partial charge is 0.270 e. The molecule has 0 saturated carbocycles. The summed E-state index contributed by atoms with van der Waals surface area (Å²) in [6, 6.07) is 11.0. The molecular weight excluding hydrogens is 418 g/mol. The Morgan fingerprint density at radius 2 is 1.94 bits per heavy atom. The van der Waals surface area contributed by atoms with Gasteiger partial charge >= 0.3 is 0 Å². The van der Waals surface area contributed by atoms with E-state index in [0.717, 1.165) is 17.8 Å². The maximum atomic E-state index is 12.7. The molecule has 1 aromatic carbocycles. The van der Waals surface area contributed by atoms with E-state index >= 15 is 0 Å². The molecule has 1 N–H and O–H groups in total. The lowest BCUT2D eigenvalue weighted by Gasteiger charge is -2.47. The van der Waals surface area contributed by atoms with Gasteiger partial charge in [0.25, 0.3) is 11.4 Å². The number of piperazine rings is 1. The van der Waals surface area contributed by atoms with Crippen molar-refractivity contribution in [3.05, 3.63) is 63.7 Å². The van der Waals surface area contributed by atoms with Crippen LogP contribution in [0.2, 0.25) is 0 Å². The molecule has 0 bridgehead atoms. The molecule has 0 spiro atoms. The molecule has 1 fully saturated rings. The molecule has 3 atom stereocenters. The van der Waals surface area contributed by atoms with Gasteiger partial charge in [0, 0.05) is 44.3 Å². The first-order chi connectivity index (χ1) is 15.7. The minimum atomic E-state index is -0.0979. The number of nitrogens with zero attached hydrogens (tertiary/aromatic N) is 5. The number of aryl methyl sites for hydroxylation is 1. The summed E-state index contributed by atoms with van der Waals surface area (Å²) in [4.78, 5) is 25.3. The first-order valence-electron chi connectivity index (χ1n) is 11.0. The number of ether oxygens (including phenoxy) is 1. The third-order valence-electron chi connectivity index (χ3n) is 6.69. The first-order valence-corrected chi connectivity index (χ1v) is 11.0. The van der Waals surface area contributed by atoms with Crippen LogP contribution < -0.4 is 15.2 Å². The number of fused-ring (bicyclic) bond motifs is 1. The third kappa shape index (κ3) is 4.00. The van der Waals surface area contributed by atoms with Gasteiger partial charge in [-0.25, -0.2) is 0 Å². The number of aromatic nitrogens is 2. The number of phenolic OH excluding ortho intramolecular Hbond substituents is 1. The van der Waals surface area contributed by atoms with Crippen LogP contribution in [0, 0.1) is 6.57 Å². The number of rotatable bonds is 4. The summed E-state index contributed by atoms with van der Waals surface area (Å²) in [6.07, 6.45) is 0. The Kier molecular flexibility index (Phi) is 6.00. The summed E-state index contributed by atoms with van der Waals surface area (Å²) in [7, 11) is 3.27. The topological polar surface area (TPSA) is 75.2 Å². The van der Waals surface area contributed by atoms with E-state index in [4.69, 9.17) is 11.3 Å². The van der Waals surface area contributed by atoms with Crippen molar-refractivity contribution in [2.45, 2.75) is 38.9 Å². The molecule has 0 radical (unpaired) electrons. The van der Waals surface area contributed by atoms with E-state index in [1.807, 2.05) is 6.07 Å². The molecule has 33 heavy (non-hydrogen) atoms. The second-order valence-corrected chi connectivity index (χ2v) is 8.73. The number of pyridine rings is 2. The van der Waals surface area contributed by atoms with E-state index < -0.39 is 0 Å². The summed E-state index contributed by atoms with van der Waals surface area (Å²) >= 11 is 0. The van der Waals surface area contributed by atoms with Crippen molar-refractivity contribution in [3.63, 3.8) is 0 Å². The number of benzene rings is 1. The quantitative estimate of drug-likeness (QED) is 0.612. The first kappa shape index (κ1) is 22.6. The highest BCUT2D eigenvalue weighted by Crippen LogP contribution is 2.35. The average molecular weight is 448 g/mol. The molecule has 4 rings (SSSR count). The predicted octanol–water partition coefficient (Wildman–Crippen LogP) is 3.86. The van der Waals surface area contributed by atoms with Crippen LogP contribution in [0.15, 0.2) is 41.2 Å². The number of methoxy groups -OCH3 is 1. The van der Waals surface area contributed by atoms with E-state index in [-0.39, 0.29) is 29.4 Å². The van der Waals surface area contributed by atoms with Gasteiger partial charge in [-0.2, -0.15) is 0 Å². The molecule has 172 valence electrons. The second-order valence-electron chi connectivity index (χ2n) is 8.73. The fourth-order valence-corrected chi connectivity index (χ4v) is 4.77. The minimum absolute atomic E-state index is 0.0913. The molecule has 8 nitrogen and oxygen atoms in total. The second kappa shape index (κ2) is 8.75. The van der Waals surface area contributed by atoms with Crippen LogP contribution in [0.1, 0.15) is 32.4 Å². The van der Waals surface area contributed by atoms with Crippen LogP contribution in [-0.2, 0) is 7.05 Å². The van der Waals surface area contributed by atoms with Crippen LogP contribution >= 0.6 is 0 Å². The van der Waals surface area contributed by atoms with E-state index in [2.05, 4.69) is 40.4 Å². The third-order valence-corrected chi connectivity index (χ3v) is 6.69. The maximum Gasteiger partial charge on any atom is 0.270 e. The standard InChI is InChI=1S/C25H29N5O3/c1-15-14-30(20-12-24(32)28(5)19-8-10-23(26-4)27-25(19)20)16(2)13-29(15)17(3)18-7-9-22(33-6)21(31)11-18/h7-12,15-17,31H,13-14H2,1-3,5-6H3/t15-,16+,17?/m1/s1. The van der Waals surface area contributed by atoms with Gasteiger partial charge < -0.3 is 24.2 Å². The molecule has 1 saturated heterocycles. The summed E-state index contributed by atoms with van der Waals surface area (Å²) < 4.78 is 6.75. The minimum Gasteiger partial charge on any atom is -0.504 e. The molecule has 0 aliphatic carbocycles. The lowest BCUT2D eigenvalue weighted by molar-refractivity contribution is 0.119. The molecular formula is C25H29N5O3. The highest BCUT2D eigenvalue weighted by atomic mass is 16.5. The van der Waals surface area contributed by atoms with Gasteiger partial charge in [-0.1, -0.05) is 12.6 Å². The Labute approximate surface area is 193 Å². The van der Waals surface area contributed by atoms with Crippen LogP contribution in [0.3, 0.4) is 0 Å². The van der Waals surface area contributed by atoms with Crippen molar-refractivity contribution < 1.29 is 9.84 Å². The number of hydrogen-bond acceptors (Lipinski definition) is 6. The van der Waals surface area contributed by atoms with Gasteiger partial charge in [-0.15, -0.1) is 4.98 Å². The predicted molar refractivity (Wildman–Crippen MR) is 129 cm³/mol. The summed E-state index contributed by atoms with van der Waals surface area (Å²) in [5.74, 6) is 0.908. The number of hydrogen-bond donors (Lipinski definition) is 1. The fraction of sp³-hybridized carbons (Fsp3) is 0.400. The average Bonchev–Trinajstić information content (AvgIpc) is 2.81. The lowest BCUT2D eigenvalue weighted by Crippen LogP contribution is -2.57. The summed E-state index contributed by atoms with van der Waals surface area (Å²) in [5, 5.41) is 10.2. The Morgan fingerprint density at radius 1 is 1.18 bits per heavy atom. The normalized spacial score (nSPS) is 19.9. The van der Waals surface area contributed by atoms with Gasteiger partial charge in [-0.3, -0.25) is 9.69 Å². The van der Waals surface area contributed by atoms with Gasteiger partial charge in [0.15, 0.2) is 11.5 Å². The molecule has 2 aromatic heterocycles. The number of anilines is 1. The Morgan fingerprint density at radius 3 is 2.61 bits per heavy atom. The number of aromatic hydroxyl groups is 1. The highest BCUT2D eigenvalue weighted by Gasteiger charge is 2.34. The van der Waals surface area contributed by atoms with Gasteiger partial charge in [-0.05, 0) is 50.6 Å². The number of phenols is 1. The molecule has 0 amide bonds. The van der Waals surface area contributed by atoms with E-state index in [0.29, 0.717) is 29.1 Å². The van der Waals surface area contributed by atoms with Crippen molar-refractivity contribution in [3.8, 4) is 11.5 Å². The Balaban J connectivity index is 1.67. The molecule has 1 unspecified atom stereocenters. The maximum absolute atomic E-state index is 12.7. The molecule has 1 aliphatic rings. The zero-order chi connectivity index (χ0) is 23.9. The summed E-state index contributed by atoms with van der Waals surface area (Å²) in [6.45, 7) is 15.3. The fourth-order valence-electron chi connectivity index (χ4n) is 4.77.